The van der Waals surface area contributed by atoms with Crippen LogP contribution in [0.2, 0.25) is 0 Å². The van der Waals surface area contributed by atoms with Crippen molar-refractivity contribution in [3.8, 4) is 0 Å². The van der Waals surface area contributed by atoms with Crippen LogP contribution in [-0.2, 0) is 4.79 Å². The molecule has 0 saturated carbocycles. The number of rotatable bonds is 1. The largest absolute Gasteiger partial charge is 0.325 e. The van der Waals surface area contributed by atoms with E-state index in [4.69, 9.17) is 0 Å². The maximum Gasteiger partial charge on any atom is 0.225 e. The van der Waals surface area contributed by atoms with Gasteiger partial charge in [0.25, 0.3) is 0 Å². The van der Waals surface area contributed by atoms with Crippen LogP contribution < -0.4 is 5.32 Å². The highest BCUT2D eigenvalue weighted by Crippen LogP contribution is 2.43. The maximum atomic E-state index is 12.2. The molecule has 22 heavy (non-hydrogen) atoms. The van der Waals surface area contributed by atoms with Crippen molar-refractivity contribution >= 4 is 34.1 Å². The number of amides is 1. The van der Waals surface area contributed by atoms with Gasteiger partial charge >= 0.3 is 0 Å². The number of nitrogens with one attached hydrogen (secondary N) is 1. The number of para-hydroxylation sites is 1. The van der Waals surface area contributed by atoms with E-state index in [9.17, 15) is 4.79 Å². The SMILES string of the molecule is O=C1CC(c2ccc3ccccc3c2)Sc2ccccc2N1. The molecule has 1 heterocycles. The molecule has 1 atom stereocenters. The number of anilines is 1. The molecule has 4 rings (SSSR count). The summed E-state index contributed by atoms with van der Waals surface area (Å²) < 4.78 is 0. The lowest BCUT2D eigenvalue weighted by molar-refractivity contribution is -0.116. The minimum Gasteiger partial charge on any atom is -0.325 e. The van der Waals surface area contributed by atoms with Crippen molar-refractivity contribution < 1.29 is 4.79 Å². The van der Waals surface area contributed by atoms with Crippen LogP contribution in [0, 0.1) is 0 Å². The second-order valence-corrected chi connectivity index (χ2v) is 6.71. The lowest BCUT2D eigenvalue weighted by atomic mass is 10.0. The fraction of sp³-hybridized carbons (Fsp3) is 0.105. The van der Waals surface area contributed by atoms with E-state index in [1.54, 1.807) is 11.8 Å². The third-order valence-corrected chi connectivity index (χ3v) is 5.28. The first-order valence-electron chi connectivity index (χ1n) is 7.34. The Kier molecular flexibility index (Phi) is 3.35. The molecule has 0 aliphatic carbocycles. The standard InChI is InChI=1S/C19H15NOS/c21-19-12-18(22-17-8-4-3-7-16(17)20-19)15-10-9-13-5-1-2-6-14(13)11-15/h1-11,18H,12H2,(H,20,21). The van der Waals surface area contributed by atoms with Crippen molar-refractivity contribution in [1.82, 2.24) is 0 Å². The van der Waals surface area contributed by atoms with E-state index in [1.165, 1.54) is 16.3 Å². The van der Waals surface area contributed by atoms with Crippen molar-refractivity contribution in [3.63, 3.8) is 0 Å². The van der Waals surface area contributed by atoms with Crippen LogP contribution in [0.15, 0.2) is 71.6 Å². The van der Waals surface area contributed by atoms with Gasteiger partial charge in [0.1, 0.15) is 0 Å². The average molecular weight is 305 g/mol. The van der Waals surface area contributed by atoms with Crippen molar-refractivity contribution in [2.75, 3.05) is 5.32 Å². The van der Waals surface area contributed by atoms with Gasteiger partial charge in [-0.1, -0.05) is 54.6 Å². The van der Waals surface area contributed by atoms with Crippen molar-refractivity contribution in [2.45, 2.75) is 16.6 Å². The van der Waals surface area contributed by atoms with Crippen LogP contribution in [0.1, 0.15) is 17.2 Å². The Morgan fingerprint density at radius 2 is 1.68 bits per heavy atom. The zero-order valence-corrected chi connectivity index (χ0v) is 12.8. The summed E-state index contributed by atoms with van der Waals surface area (Å²) in [5, 5.41) is 5.60. The summed E-state index contributed by atoms with van der Waals surface area (Å²) in [5.74, 6) is 0.0793. The Balaban J connectivity index is 1.75. The van der Waals surface area contributed by atoms with Crippen LogP contribution in [-0.4, -0.2) is 5.91 Å². The predicted molar refractivity (Wildman–Crippen MR) is 92.2 cm³/mol. The first-order valence-corrected chi connectivity index (χ1v) is 8.22. The van der Waals surface area contributed by atoms with Crippen LogP contribution in [0.5, 0.6) is 0 Å². The summed E-state index contributed by atoms with van der Waals surface area (Å²) in [5.41, 5.74) is 2.12. The van der Waals surface area contributed by atoms with Crippen molar-refractivity contribution in [1.29, 1.82) is 0 Å². The lowest BCUT2D eigenvalue weighted by Gasteiger charge is -2.14. The molecular weight excluding hydrogens is 290 g/mol. The molecule has 1 aliphatic heterocycles. The molecule has 0 saturated heterocycles. The predicted octanol–water partition coefficient (Wildman–Crippen LogP) is 5.02. The van der Waals surface area contributed by atoms with E-state index >= 15 is 0 Å². The van der Waals surface area contributed by atoms with E-state index < -0.39 is 0 Å². The molecule has 1 aliphatic rings. The number of hydrogen-bond acceptors (Lipinski definition) is 2. The summed E-state index contributed by atoms with van der Waals surface area (Å²) >= 11 is 1.76. The van der Waals surface area contributed by atoms with Gasteiger partial charge in [-0.2, -0.15) is 0 Å². The molecule has 0 fully saturated rings. The number of fused-ring (bicyclic) bond motifs is 2. The third kappa shape index (κ3) is 2.48. The molecule has 0 bridgehead atoms. The van der Waals surface area contributed by atoms with E-state index in [1.807, 2.05) is 30.3 Å². The molecule has 3 aromatic carbocycles. The first-order chi connectivity index (χ1) is 10.8. The number of carbonyl (C=O) groups is 1. The number of carbonyl (C=O) groups excluding carboxylic acids is 1. The van der Waals surface area contributed by atoms with Gasteiger partial charge < -0.3 is 5.32 Å². The van der Waals surface area contributed by atoms with Crippen LogP contribution in [0.4, 0.5) is 5.69 Å². The highest BCUT2D eigenvalue weighted by atomic mass is 32.2. The molecule has 2 nitrogen and oxygen atoms in total. The Morgan fingerprint density at radius 3 is 2.59 bits per heavy atom. The van der Waals surface area contributed by atoms with E-state index in [0.29, 0.717) is 6.42 Å². The van der Waals surface area contributed by atoms with Crippen molar-refractivity contribution in [3.05, 3.63) is 72.3 Å². The Morgan fingerprint density at radius 1 is 0.909 bits per heavy atom. The zero-order valence-electron chi connectivity index (χ0n) is 12.0. The summed E-state index contributed by atoms with van der Waals surface area (Å²) in [7, 11) is 0. The van der Waals surface area contributed by atoms with Gasteiger partial charge in [0, 0.05) is 16.6 Å². The molecular formula is C19H15NOS. The first kappa shape index (κ1) is 13.4. The molecule has 0 spiro atoms. The van der Waals surface area contributed by atoms with Gasteiger partial charge in [-0.3, -0.25) is 4.79 Å². The monoisotopic (exact) mass is 305 g/mol. The van der Waals surface area contributed by atoms with Crippen LogP contribution in [0.25, 0.3) is 10.8 Å². The molecule has 0 radical (unpaired) electrons. The lowest BCUT2D eigenvalue weighted by Crippen LogP contribution is -2.11. The molecule has 3 aromatic rings. The topological polar surface area (TPSA) is 29.1 Å². The Bertz CT molecular complexity index is 859. The van der Waals surface area contributed by atoms with Crippen LogP contribution in [0.3, 0.4) is 0 Å². The second kappa shape index (κ2) is 5.50. The summed E-state index contributed by atoms with van der Waals surface area (Å²) in [4.78, 5) is 13.3. The summed E-state index contributed by atoms with van der Waals surface area (Å²) in [6.45, 7) is 0. The molecule has 3 heteroatoms. The van der Waals surface area contributed by atoms with E-state index in [-0.39, 0.29) is 11.2 Å². The average Bonchev–Trinajstić information content (AvgIpc) is 2.72. The van der Waals surface area contributed by atoms with E-state index in [0.717, 1.165) is 10.6 Å². The maximum absolute atomic E-state index is 12.2. The van der Waals surface area contributed by atoms with Gasteiger partial charge in [-0.25, -0.2) is 0 Å². The molecule has 1 amide bonds. The summed E-state index contributed by atoms with van der Waals surface area (Å²) in [6, 6.07) is 22.8. The third-order valence-electron chi connectivity index (χ3n) is 3.95. The minimum atomic E-state index is 0.0793. The van der Waals surface area contributed by atoms with E-state index in [2.05, 4.69) is 41.7 Å². The normalized spacial score (nSPS) is 17.6. The number of hydrogen-bond donors (Lipinski definition) is 1. The highest BCUT2D eigenvalue weighted by Gasteiger charge is 2.23. The van der Waals surface area contributed by atoms with Gasteiger partial charge in [-0.05, 0) is 28.5 Å². The molecule has 1 N–H and O–H groups in total. The molecule has 1 unspecified atom stereocenters. The molecule has 108 valence electrons. The zero-order chi connectivity index (χ0) is 14.9. The second-order valence-electron chi connectivity index (χ2n) is 5.46. The summed E-state index contributed by atoms with van der Waals surface area (Å²) in [6.07, 6.45) is 0.498. The van der Waals surface area contributed by atoms with Crippen LogP contribution >= 0.6 is 11.8 Å². The fourth-order valence-corrected chi connectivity index (χ4v) is 4.06. The quantitative estimate of drug-likeness (QED) is 0.684. The smallest absolute Gasteiger partial charge is 0.225 e. The highest BCUT2D eigenvalue weighted by molar-refractivity contribution is 7.99. The van der Waals surface area contributed by atoms with Gasteiger partial charge in [0.15, 0.2) is 0 Å². The Hall–Kier alpha value is -2.26. The fourth-order valence-electron chi connectivity index (χ4n) is 2.83. The number of thioether (sulfide) groups is 1. The Labute approximate surface area is 133 Å². The number of benzene rings is 3. The van der Waals surface area contributed by atoms with Gasteiger partial charge in [0.2, 0.25) is 5.91 Å². The molecule has 0 aromatic heterocycles. The minimum absolute atomic E-state index is 0.0793. The van der Waals surface area contributed by atoms with Gasteiger partial charge in [0.05, 0.1) is 5.69 Å². The van der Waals surface area contributed by atoms with Crippen molar-refractivity contribution in [2.24, 2.45) is 0 Å². The van der Waals surface area contributed by atoms with Gasteiger partial charge in [-0.15, -0.1) is 11.8 Å².